The zero-order valence-electron chi connectivity index (χ0n) is 13.6. The number of hydrogen-bond acceptors (Lipinski definition) is 3. The Balaban J connectivity index is 2.03. The van der Waals surface area contributed by atoms with Crippen molar-refractivity contribution < 1.29 is 4.79 Å². The van der Waals surface area contributed by atoms with Crippen molar-refractivity contribution in [2.45, 2.75) is 39.5 Å². The number of pyridine rings is 1. The molecule has 0 fully saturated rings. The molecule has 2 aromatic rings. The first-order chi connectivity index (χ1) is 10.4. The summed E-state index contributed by atoms with van der Waals surface area (Å²) in [5.74, 6) is 0.735. The number of benzene rings is 1. The Morgan fingerprint density at radius 3 is 2.18 bits per heavy atom. The first-order valence-corrected chi connectivity index (χ1v) is 7.52. The quantitative estimate of drug-likeness (QED) is 0.875. The van der Waals surface area contributed by atoms with E-state index < -0.39 is 0 Å². The molecule has 0 aliphatic rings. The van der Waals surface area contributed by atoms with E-state index in [2.05, 4.69) is 60.7 Å². The Morgan fingerprint density at radius 2 is 1.68 bits per heavy atom. The molecule has 22 heavy (non-hydrogen) atoms. The summed E-state index contributed by atoms with van der Waals surface area (Å²) in [6.45, 7) is 8.40. The molecule has 0 aliphatic carbocycles. The molecule has 0 aliphatic heterocycles. The molecule has 4 nitrogen and oxygen atoms in total. The first-order valence-electron chi connectivity index (χ1n) is 7.52. The fraction of sp³-hybridized carbons (Fsp3) is 0.333. The number of amides is 1. The van der Waals surface area contributed by atoms with Gasteiger partial charge in [-0.25, -0.2) is 4.98 Å². The van der Waals surface area contributed by atoms with Crippen LogP contribution in [0.1, 0.15) is 39.7 Å². The maximum atomic E-state index is 11.3. The minimum atomic E-state index is -0.0136. The van der Waals surface area contributed by atoms with E-state index in [0.717, 1.165) is 11.5 Å². The second-order valence-corrected chi connectivity index (χ2v) is 6.29. The van der Waals surface area contributed by atoms with Crippen LogP contribution >= 0.6 is 0 Å². The van der Waals surface area contributed by atoms with Gasteiger partial charge in [0.1, 0.15) is 5.82 Å². The highest BCUT2D eigenvalue weighted by atomic mass is 16.1. The van der Waals surface area contributed by atoms with E-state index >= 15 is 0 Å². The number of nitrogens with zero attached hydrogens (tertiary/aromatic N) is 1. The molecule has 2 rings (SSSR count). The van der Waals surface area contributed by atoms with Gasteiger partial charge in [0.25, 0.3) is 0 Å². The van der Waals surface area contributed by atoms with Gasteiger partial charge in [-0.2, -0.15) is 0 Å². The van der Waals surface area contributed by atoms with E-state index in [1.54, 1.807) is 6.20 Å². The van der Waals surface area contributed by atoms with Crippen molar-refractivity contribution in [2.24, 2.45) is 0 Å². The van der Waals surface area contributed by atoms with Gasteiger partial charge >= 0.3 is 0 Å². The first kappa shape index (κ1) is 16.0. The highest BCUT2D eigenvalue weighted by molar-refractivity contribution is 5.90. The Bertz CT molecular complexity index is 625. The summed E-state index contributed by atoms with van der Waals surface area (Å²) in [6.07, 6.45) is 2.11. The normalized spacial score (nSPS) is 11.1. The van der Waals surface area contributed by atoms with E-state index in [4.69, 9.17) is 0 Å². The molecule has 1 heterocycles. The zero-order valence-corrected chi connectivity index (χ0v) is 13.6. The Morgan fingerprint density at radius 1 is 1.05 bits per heavy atom. The summed E-state index contributed by atoms with van der Waals surface area (Å²) in [6, 6.07) is 12.0. The second kappa shape index (κ2) is 6.60. The lowest BCUT2D eigenvalue weighted by Gasteiger charge is -2.19. The number of anilines is 3. The third-order valence-corrected chi connectivity index (χ3v) is 3.39. The average molecular weight is 297 g/mol. The molecule has 2 N–H and O–H groups in total. The Hall–Kier alpha value is -2.36. The summed E-state index contributed by atoms with van der Waals surface area (Å²) >= 11 is 0. The number of carbonyl (C=O) groups excluding carboxylic acids is 1. The van der Waals surface area contributed by atoms with Crippen molar-refractivity contribution in [1.82, 2.24) is 4.98 Å². The van der Waals surface area contributed by atoms with E-state index in [9.17, 15) is 4.79 Å². The van der Waals surface area contributed by atoms with Crippen LogP contribution < -0.4 is 10.6 Å². The van der Waals surface area contributed by atoms with E-state index in [1.807, 2.05) is 19.1 Å². The zero-order chi connectivity index (χ0) is 16.2. The van der Waals surface area contributed by atoms with Gasteiger partial charge in [-0.05, 0) is 35.2 Å². The summed E-state index contributed by atoms with van der Waals surface area (Å²) in [4.78, 5) is 15.6. The highest BCUT2D eigenvalue weighted by Crippen LogP contribution is 2.24. The van der Waals surface area contributed by atoms with Crippen molar-refractivity contribution >= 4 is 23.1 Å². The molecule has 1 amide bonds. The van der Waals surface area contributed by atoms with Gasteiger partial charge in [-0.3, -0.25) is 4.79 Å². The molecule has 4 heteroatoms. The maximum absolute atomic E-state index is 11.3. The van der Waals surface area contributed by atoms with Gasteiger partial charge in [0.15, 0.2) is 0 Å². The molecule has 0 unspecified atom stereocenters. The molecule has 116 valence electrons. The van der Waals surface area contributed by atoms with Crippen LogP contribution in [0.2, 0.25) is 0 Å². The van der Waals surface area contributed by atoms with Crippen molar-refractivity contribution in [1.29, 1.82) is 0 Å². The summed E-state index contributed by atoms with van der Waals surface area (Å²) < 4.78 is 0. The van der Waals surface area contributed by atoms with Crippen molar-refractivity contribution in [2.75, 3.05) is 10.6 Å². The van der Waals surface area contributed by atoms with Crippen LogP contribution in [0.4, 0.5) is 17.2 Å². The molecule has 0 saturated heterocycles. The molecule has 1 aromatic carbocycles. The van der Waals surface area contributed by atoms with Gasteiger partial charge in [-0.15, -0.1) is 0 Å². The van der Waals surface area contributed by atoms with Crippen LogP contribution in [0, 0.1) is 0 Å². The van der Waals surface area contributed by atoms with Gasteiger partial charge in [0.2, 0.25) is 5.91 Å². The van der Waals surface area contributed by atoms with Crippen LogP contribution in [-0.2, 0) is 10.2 Å². The largest absolute Gasteiger partial charge is 0.340 e. The molecule has 0 saturated carbocycles. The van der Waals surface area contributed by atoms with E-state index in [0.29, 0.717) is 12.1 Å². The predicted octanol–water partition coefficient (Wildman–Crippen LogP) is 4.47. The number of nitrogens with one attached hydrogen (secondary N) is 2. The molecular formula is C18H23N3O. The van der Waals surface area contributed by atoms with Crippen LogP contribution in [0.3, 0.4) is 0 Å². The highest BCUT2D eigenvalue weighted by Gasteiger charge is 2.12. The number of aromatic nitrogens is 1. The number of rotatable bonds is 4. The average Bonchev–Trinajstić information content (AvgIpc) is 2.49. The summed E-state index contributed by atoms with van der Waals surface area (Å²) in [7, 11) is 0. The Labute approximate surface area is 132 Å². The van der Waals surface area contributed by atoms with Gasteiger partial charge in [0.05, 0.1) is 11.9 Å². The molecule has 0 bridgehead atoms. The number of hydrogen-bond donors (Lipinski definition) is 2. The molecule has 0 atom stereocenters. The van der Waals surface area contributed by atoms with Gasteiger partial charge in [0, 0.05) is 12.1 Å². The molecule has 0 spiro atoms. The van der Waals surface area contributed by atoms with Crippen molar-refractivity contribution in [3.8, 4) is 0 Å². The monoisotopic (exact) mass is 297 g/mol. The summed E-state index contributed by atoms with van der Waals surface area (Å²) in [5, 5.41) is 6.03. The third kappa shape index (κ3) is 4.32. The molecular weight excluding hydrogens is 274 g/mol. The van der Waals surface area contributed by atoms with Crippen LogP contribution in [0.25, 0.3) is 0 Å². The van der Waals surface area contributed by atoms with Crippen LogP contribution in [0.5, 0.6) is 0 Å². The molecule has 1 aromatic heterocycles. The summed E-state index contributed by atoms with van der Waals surface area (Å²) in [5.41, 5.74) is 3.14. The van der Waals surface area contributed by atoms with Gasteiger partial charge in [-0.1, -0.05) is 39.8 Å². The minimum absolute atomic E-state index is 0.0136. The van der Waals surface area contributed by atoms with Gasteiger partial charge < -0.3 is 10.6 Å². The lowest BCUT2D eigenvalue weighted by molar-refractivity contribution is -0.115. The van der Waals surface area contributed by atoms with E-state index in [-0.39, 0.29) is 11.3 Å². The lowest BCUT2D eigenvalue weighted by atomic mass is 9.87. The predicted molar refractivity (Wildman–Crippen MR) is 91.6 cm³/mol. The standard InChI is InChI=1S/C18H23N3O/c1-5-17(22)21-15-10-11-16(19-12-15)20-14-8-6-13(7-9-14)18(2,3)4/h6-12H,5H2,1-4H3,(H,19,20)(H,21,22). The maximum Gasteiger partial charge on any atom is 0.224 e. The second-order valence-electron chi connectivity index (χ2n) is 6.29. The van der Waals surface area contributed by atoms with Crippen molar-refractivity contribution in [3.63, 3.8) is 0 Å². The Kier molecular flexibility index (Phi) is 4.81. The lowest BCUT2D eigenvalue weighted by Crippen LogP contribution is -2.10. The fourth-order valence-electron chi connectivity index (χ4n) is 1.99. The number of carbonyl (C=O) groups is 1. The SMILES string of the molecule is CCC(=O)Nc1ccc(Nc2ccc(C(C)(C)C)cc2)nc1. The smallest absolute Gasteiger partial charge is 0.224 e. The topological polar surface area (TPSA) is 54.0 Å². The molecule has 0 radical (unpaired) electrons. The van der Waals surface area contributed by atoms with E-state index in [1.165, 1.54) is 5.56 Å². The third-order valence-electron chi connectivity index (χ3n) is 3.39. The minimum Gasteiger partial charge on any atom is -0.340 e. The van der Waals surface area contributed by atoms with Crippen molar-refractivity contribution in [3.05, 3.63) is 48.2 Å². The van der Waals surface area contributed by atoms with Crippen LogP contribution in [-0.4, -0.2) is 10.9 Å². The fourth-order valence-corrected chi connectivity index (χ4v) is 1.99. The van der Waals surface area contributed by atoms with Crippen LogP contribution in [0.15, 0.2) is 42.6 Å².